The number of nitro groups is 1. The predicted molar refractivity (Wildman–Crippen MR) is 88.7 cm³/mol. The van der Waals surface area contributed by atoms with Crippen molar-refractivity contribution in [3.05, 3.63) is 51.8 Å². The highest BCUT2D eigenvalue weighted by Crippen LogP contribution is 2.32. The maximum absolute atomic E-state index is 12.6. The Hall–Kier alpha value is -2.90. The summed E-state index contributed by atoms with van der Waals surface area (Å²) in [7, 11) is 1.85. The van der Waals surface area contributed by atoms with Crippen molar-refractivity contribution in [1.82, 2.24) is 14.7 Å². The first kappa shape index (κ1) is 16.0. The van der Waals surface area contributed by atoms with E-state index in [-0.39, 0.29) is 17.8 Å². The Balaban J connectivity index is 1.74. The summed E-state index contributed by atoms with van der Waals surface area (Å²) in [6, 6.07) is 4.39. The Kier molecular flexibility index (Phi) is 4.20. The van der Waals surface area contributed by atoms with Gasteiger partial charge in [-0.25, -0.2) is 4.79 Å². The van der Waals surface area contributed by atoms with Crippen molar-refractivity contribution in [2.24, 2.45) is 7.05 Å². The minimum absolute atomic E-state index is 0.0119. The van der Waals surface area contributed by atoms with Gasteiger partial charge in [0.2, 0.25) is 0 Å². The van der Waals surface area contributed by atoms with Crippen LogP contribution in [0.1, 0.15) is 30.0 Å². The summed E-state index contributed by atoms with van der Waals surface area (Å²) in [6.45, 7) is 2.33. The molecule has 0 spiro atoms. The Bertz CT molecular complexity index is 786. The lowest BCUT2D eigenvalue weighted by Crippen LogP contribution is -2.34. The number of aryl methyl sites for hydroxylation is 2. The number of hydrogen-bond acceptors (Lipinski definition) is 4. The number of carbonyl (C=O) groups excluding carboxylic acids is 1. The number of hydrogen-bond donors (Lipinski definition) is 1. The summed E-state index contributed by atoms with van der Waals surface area (Å²) < 4.78 is 1.73. The van der Waals surface area contributed by atoms with Crippen molar-refractivity contribution in [3.63, 3.8) is 0 Å². The topological polar surface area (TPSA) is 93.3 Å². The van der Waals surface area contributed by atoms with Crippen LogP contribution in [0.15, 0.2) is 30.6 Å². The van der Waals surface area contributed by atoms with Gasteiger partial charge in [0.25, 0.3) is 5.69 Å². The first-order valence-electron chi connectivity index (χ1n) is 7.77. The molecule has 1 aromatic heterocycles. The molecule has 0 unspecified atom stereocenters. The molecule has 8 heteroatoms. The largest absolute Gasteiger partial charge is 0.322 e. The number of nitrogens with one attached hydrogen (secondary N) is 1. The Morgan fingerprint density at radius 2 is 2.25 bits per heavy atom. The van der Waals surface area contributed by atoms with Crippen molar-refractivity contribution in [1.29, 1.82) is 0 Å². The fraction of sp³-hybridized carbons (Fsp3) is 0.375. The first-order chi connectivity index (χ1) is 11.5. The molecule has 1 saturated heterocycles. The molecule has 0 bridgehead atoms. The first-order valence-corrected chi connectivity index (χ1v) is 7.77. The van der Waals surface area contributed by atoms with E-state index in [9.17, 15) is 14.9 Å². The van der Waals surface area contributed by atoms with E-state index < -0.39 is 4.92 Å². The highest BCUT2D eigenvalue weighted by molar-refractivity contribution is 5.90. The lowest BCUT2D eigenvalue weighted by atomic mass is 10.1. The summed E-state index contributed by atoms with van der Waals surface area (Å²) >= 11 is 0. The molecule has 1 aliphatic heterocycles. The van der Waals surface area contributed by atoms with Crippen molar-refractivity contribution in [3.8, 4) is 0 Å². The zero-order valence-electron chi connectivity index (χ0n) is 13.6. The fourth-order valence-electron chi connectivity index (χ4n) is 3.10. The molecular formula is C16H19N5O3. The van der Waals surface area contributed by atoms with E-state index in [0.29, 0.717) is 17.8 Å². The molecule has 1 aliphatic rings. The molecule has 2 amide bonds. The molecule has 0 radical (unpaired) electrons. The van der Waals surface area contributed by atoms with Gasteiger partial charge in [0.1, 0.15) is 0 Å². The van der Waals surface area contributed by atoms with Gasteiger partial charge in [0, 0.05) is 42.7 Å². The number of likely N-dealkylation sites (tertiary alicyclic amines) is 1. The molecule has 1 N–H and O–H groups in total. The quantitative estimate of drug-likeness (QED) is 0.692. The second kappa shape index (κ2) is 6.31. The van der Waals surface area contributed by atoms with Gasteiger partial charge in [-0.1, -0.05) is 0 Å². The van der Waals surface area contributed by atoms with Gasteiger partial charge in [0.05, 0.1) is 17.2 Å². The maximum Gasteiger partial charge on any atom is 0.322 e. The van der Waals surface area contributed by atoms with Crippen LogP contribution in [0.4, 0.5) is 16.2 Å². The van der Waals surface area contributed by atoms with Gasteiger partial charge >= 0.3 is 6.03 Å². The second-order valence-corrected chi connectivity index (χ2v) is 5.99. The zero-order valence-corrected chi connectivity index (χ0v) is 13.6. The number of anilines is 1. The minimum Gasteiger partial charge on any atom is -0.317 e. The van der Waals surface area contributed by atoms with Gasteiger partial charge in [-0.05, 0) is 31.9 Å². The van der Waals surface area contributed by atoms with Crippen LogP contribution in [0.25, 0.3) is 0 Å². The summed E-state index contributed by atoms with van der Waals surface area (Å²) in [4.78, 5) is 24.8. The van der Waals surface area contributed by atoms with Gasteiger partial charge in [-0.15, -0.1) is 0 Å². The number of benzene rings is 1. The van der Waals surface area contributed by atoms with Crippen molar-refractivity contribution in [2.45, 2.75) is 25.8 Å². The van der Waals surface area contributed by atoms with E-state index in [0.717, 1.165) is 18.4 Å². The SMILES string of the molecule is Cc1cc(NC(=O)N2CCC[C@@H]2c2cnn(C)c2)ccc1[N+](=O)[O-]. The molecule has 1 fully saturated rings. The number of amides is 2. The van der Waals surface area contributed by atoms with Crippen LogP contribution in [0.3, 0.4) is 0 Å². The summed E-state index contributed by atoms with van der Waals surface area (Å²) in [5.74, 6) is 0. The van der Waals surface area contributed by atoms with E-state index in [1.54, 1.807) is 34.8 Å². The van der Waals surface area contributed by atoms with Crippen LogP contribution >= 0.6 is 0 Å². The third-order valence-electron chi connectivity index (χ3n) is 4.27. The number of nitrogens with zero attached hydrogens (tertiary/aromatic N) is 4. The lowest BCUT2D eigenvalue weighted by molar-refractivity contribution is -0.385. The van der Waals surface area contributed by atoms with E-state index in [2.05, 4.69) is 10.4 Å². The minimum atomic E-state index is -0.431. The Morgan fingerprint density at radius 1 is 1.46 bits per heavy atom. The molecule has 0 saturated carbocycles. The summed E-state index contributed by atoms with van der Waals surface area (Å²) in [5.41, 5.74) is 2.13. The molecule has 1 atom stereocenters. The zero-order chi connectivity index (χ0) is 17.3. The fourth-order valence-corrected chi connectivity index (χ4v) is 3.10. The van der Waals surface area contributed by atoms with Crippen LogP contribution < -0.4 is 5.32 Å². The third kappa shape index (κ3) is 3.08. The van der Waals surface area contributed by atoms with Gasteiger partial charge in [-0.2, -0.15) is 5.10 Å². The van der Waals surface area contributed by atoms with Gasteiger partial charge < -0.3 is 10.2 Å². The van der Waals surface area contributed by atoms with Crippen LogP contribution in [0.2, 0.25) is 0 Å². The monoisotopic (exact) mass is 329 g/mol. The van der Waals surface area contributed by atoms with Crippen molar-refractivity contribution < 1.29 is 9.72 Å². The second-order valence-electron chi connectivity index (χ2n) is 5.99. The molecule has 2 heterocycles. The summed E-state index contributed by atoms with van der Waals surface area (Å²) in [5, 5.41) is 17.9. The number of aromatic nitrogens is 2. The molecule has 3 rings (SSSR count). The van der Waals surface area contributed by atoms with E-state index in [1.165, 1.54) is 6.07 Å². The van der Waals surface area contributed by atoms with Crippen LogP contribution in [0, 0.1) is 17.0 Å². The van der Waals surface area contributed by atoms with Crippen molar-refractivity contribution in [2.75, 3.05) is 11.9 Å². The molecule has 1 aromatic carbocycles. The maximum atomic E-state index is 12.6. The van der Waals surface area contributed by atoms with E-state index in [1.807, 2.05) is 13.2 Å². The van der Waals surface area contributed by atoms with E-state index in [4.69, 9.17) is 0 Å². The molecule has 24 heavy (non-hydrogen) atoms. The van der Waals surface area contributed by atoms with Crippen LogP contribution in [-0.2, 0) is 7.05 Å². The highest BCUT2D eigenvalue weighted by Gasteiger charge is 2.31. The number of carbonyl (C=O) groups is 1. The molecule has 0 aliphatic carbocycles. The average molecular weight is 329 g/mol. The molecular weight excluding hydrogens is 310 g/mol. The van der Waals surface area contributed by atoms with Gasteiger partial charge in [-0.3, -0.25) is 14.8 Å². The smallest absolute Gasteiger partial charge is 0.317 e. The number of nitro benzene ring substituents is 1. The summed E-state index contributed by atoms with van der Waals surface area (Å²) in [6.07, 6.45) is 5.54. The Morgan fingerprint density at radius 3 is 2.88 bits per heavy atom. The van der Waals surface area contributed by atoms with Crippen molar-refractivity contribution >= 4 is 17.4 Å². The Labute approximate surface area is 139 Å². The third-order valence-corrected chi connectivity index (χ3v) is 4.27. The molecule has 8 nitrogen and oxygen atoms in total. The highest BCUT2D eigenvalue weighted by atomic mass is 16.6. The predicted octanol–water partition coefficient (Wildman–Crippen LogP) is 3.01. The molecule has 126 valence electrons. The molecule has 2 aromatic rings. The lowest BCUT2D eigenvalue weighted by Gasteiger charge is -2.24. The van der Waals surface area contributed by atoms with Crippen LogP contribution in [-0.4, -0.2) is 32.2 Å². The number of rotatable bonds is 3. The number of urea groups is 1. The normalized spacial score (nSPS) is 17.1. The average Bonchev–Trinajstić information content (AvgIpc) is 3.15. The van der Waals surface area contributed by atoms with Crippen LogP contribution in [0.5, 0.6) is 0 Å². The van der Waals surface area contributed by atoms with E-state index >= 15 is 0 Å². The van der Waals surface area contributed by atoms with Gasteiger partial charge in [0.15, 0.2) is 0 Å². The standard InChI is InChI=1S/C16H19N5O3/c1-11-8-13(5-6-14(11)21(23)24)18-16(22)20-7-3-4-15(20)12-9-17-19(2)10-12/h5-6,8-10,15H,3-4,7H2,1-2H3,(H,18,22)/t15-/m1/s1.